The van der Waals surface area contributed by atoms with E-state index in [9.17, 15) is 14.7 Å². The van der Waals surface area contributed by atoms with Gasteiger partial charge in [-0.25, -0.2) is 4.79 Å². The van der Waals surface area contributed by atoms with Gasteiger partial charge in [0.25, 0.3) is 5.91 Å². The van der Waals surface area contributed by atoms with E-state index in [1.54, 1.807) is 24.4 Å². The topological polar surface area (TPSA) is 104 Å². The molecule has 2 heterocycles. The molecule has 0 saturated carbocycles. The Hall–Kier alpha value is -2.54. The predicted octanol–water partition coefficient (Wildman–Crippen LogP) is 0.290. The lowest BCUT2D eigenvalue weighted by atomic mass is 10.1. The van der Waals surface area contributed by atoms with E-state index in [1.807, 2.05) is 0 Å². The van der Waals surface area contributed by atoms with Crippen LogP contribution >= 0.6 is 0 Å². The maximum atomic E-state index is 12.5. The Labute approximate surface area is 119 Å². The fourth-order valence-electron chi connectivity index (χ4n) is 2.53. The van der Waals surface area contributed by atoms with Crippen molar-refractivity contribution in [3.05, 3.63) is 36.2 Å². The average Bonchev–Trinajstić information content (AvgIpc) is 2.88. The maximum absolute atomic E-state index is 12.5. The summed E-state index contributed by atoms with van der Waals surface area (Å²) in [5, 5.41) is 18.7. The van der Waals surface area contributed by atoms with Crippen molar-refractivity contribution in [3.63, 3.8) is 0 Å². The van der Waals surface area contributed by atoms with Gasteiger partial charge in [0, 0.05) is 30.9 Å². The van der Waals surface area contributed by atoms with E-state index < -0.39 is 24.0 Å². The van der Waals surface area contributed by atoms with Gasteiger partial charge < -0.3 is 15.1 Å². The van der Waals surface area contributed by atoms with Gasteiger partial charge in [0.15, 0.2) is 0 Å². The van der Waals surface area contributed by atoms with Crippen LogP contribution in [0.4, 0.5) is 0 Å². The van der Waals surface area contributed by atoms with Crippen LogP contribution in [0.3, 0.4) is 0 Å². The van der Waals surface area contributed by atoms with Gasteiger partial charge in [-0.2, -0.15) is 0 Å². The number of carbonyl (C=O) groups excluding carboxylic acids is 1. The van der Waals surface area contributed by atoms with Crippen LogP contribution in [-0.2, 0) is 4.79 Å². The molecule has 2 N–H and O–H groups in total. The number of aliphatic hydroxyl groups is 1. The highest BCUT2D eigenvalue weighted by molar-refractivity contribution is 5.99. The Morgan fingerprint density at radius 2 is 1.90 bits per heavy atom. The lowest BCUT2D eigenvalue weighted by molar-refractivity contribution is -0.141. The van der Waals surface area contributed by atoms with E-state index in [0.29, 0.717) is 16.6 Å². The molecule has 108 valence electrons. The van der Waals surface area contributed by atoms with Crippen molar-refractivity contribution < 1.29 is 19.8 Å². The molecule has 1 aromatic carbocycles. The molecule has 0 radical (unpaired) electrons. The van der Waals surface area contributed by atoms with Crippen molar-refractivity contribution in [1.29, 1.82) is 0 Å². The number of aliphatic hydroxyl groups excluding tert-OH is 1. The van der Waals surface area contributed by atoms with E-state index in [0.717, 1.165) is 0 Å². The van der Waals surface area contributed by atoms with E-state index in [1.165, 1.54) is 11.1 Å². The van der Waals surface area contributed by atoms with Crippen LogP contribution in [0.1, 0.15) is 16.8 Å². The number of β-amino-alcohol motifs (C(OH)–C–C–N with tert-alkyl or cyclic N) is 1. The molecule has 1 aliphatic rings. The minimum atomic E-state index is -1.11. The Balaban J connectivity index is 1.94. The van der Waals surface area contributed by atoms with Crippen LogP contribution in [0.5, 0.6) is 0 Å². The summed E-state index contributed by atoms with van der Waals surface area (Å²) in [5.74, 6) is -1.54. The minimum Gasteiger partial charge on any atom is -0.480 e. The zero-order chi connectivity index (χ0) is 15.0. The lowest BCUT2D eigenvalue weighted by Gasteiger charge is -2.21. The highest BCUT2D eigenvalue weighted by Gasteiger charge is 2.39. The number of benzene rings is 1. The van der Waals surface area contributed by atoms with E-state index in [4.69, 9.17) is 5.11 Å². The third-order valence-electron chi connectivity index (χ3n) is 3.54. The lowest BCUT2D eigenvalue weighted by Crippen LogP contribution is -2.40. The summed E-state index contributed by atoms with van der Waals surface area (Å²) in [6.45, 7) is 0.0221. The molecule has 2 aromatic rings. The molecule has 2 atom stereocenters. The largest absolute Gasteiger partial charge is 0.480 e. The molecule has 0 unspecified atom stereocenters. The summed E-state index contributed by atoms with van der Waals surface area (Å²) in [6, 6.07) is 3.83. The van der Waals surface area contributed by atoms with Gasteiger partial charge in [-0.3, -0.25) is 14.8 Å². The number of aromatic nitrogens is 2. The predicted molar refractivity (Wildman–Crippen MR) is 72.6 cm³/mol. The smallest absolute Gasteiger partial charge is 0.326 e. The number of carboxylic acid groups (broad SMARTS) is 1. The zero-order valence-electron chi connectivity index (χ0n) is 11.0. The van der Waals surface area contributed by atoms with Crippen LogP contribution in [0, 0.1) is 0 Å². The SMILES string of the molecule is O=C(O)[C@H]1C[C@@H](O)CN1C(=O)c1ccc2nccnc2c1. The number of hydrogen-bond acceptors (Lipinski definition) is 5. The fraction of sp³-hybridized carbons (Fsp3) is 0.286. The second-order valence-electron chi connectivity index (χ2n) is 4.96. The Morgan fingerprint density at radius 1 is 1.19 bits per heavy atom. The molecule has 0 spiro atoms. The van der Waals surface area contributed by atoms with Crippen molar-refractivity contribution >= 4 is 22.9 Å². The Kier molecular flexibility index (Phi) is 3.26. The second-order valence-corrected chi connectivity index (χ2v) is 4.96. The van der Waals surface area contributed by atoms with E-state index in [2.05, 4.69) is 9.97 Å². The van der Waals surface area contributed by atoms with Crippen LogP contribution in [0.2, 0.25) is 0 Å². The van der Waals surface area contributed by atoms with Gasteiger partial charge in [0.2, 0.25) is 0 Å². The summed E-state index contributed by atoms with van der Waals surface area (Å²) in [5.41, 5.74) is 1.56. The second kappa shape index (κ2) is 5.10. The Bertz CT molecular complexity index is 718. The average molecular weight is 287 g/mol. The summed E-state index contributed by atoms with van der Waals surface area (Å²) >= 11 is 0. The number of fused-ring (bicyclic) bond motifs is 1. The van der Waals surface area contributed by atoms with Gasteiger partial charge in [0.1, 0.15) is 6.04 Å². The zero-order valence-corrected chi connectivity index (χ0v) is 11.0. The van der Waals surface area contributed by atoms with Gasteiger partial charge in [-0.15, -0.1) is 0 Å². The first kappa shape index (κ1) is 13.4. The molecule has 7 nitrogen and oxygen atoms in total. The number of rotatable bonds is 2. The Morgan fingerprint density at radius 3 is 2.62 bits per heavy atom. The molecule has 0 bridgehead atoms. The molecule has 3 rings (SSSR count). The standard InChI is InChI=1S/C14H13N3O4/c18-9-6-12(14(20)21)17(7-9)13(19)8-1-2-10-11(5-8)16-4-3-15-10/h1-5,9,12,18H,6-7H2,(H,20,21)/t9-,12-/m1/s1. The van der Waals surface area contributed by atoms with E-state index >= 15 is 0 Å². The van der Waals surface area contributed by atoms with Crippen molar-refractivity contribution in [1.82, 2.24) is 14.9 Å². The fourth-order valence-corrected chi connectivity index (χ4v) is 2.53. The van der Waals surface area contributed by atoms with Crippen LogP contribution < -0.4 is 0 Å². The molecule has 1 saturated heterocycles. The van der Waals surface area contributed by atoms with Crippen molar-refractivity contribution in [2.75, 3.05) is 6.54 Å². The first-order valence-electron chi connectivity index (χ1n) is 6.49. The molecule has 1 aliphatic heterocycles. The van der Waals surface area contributed by atoms with Crippen molar-refractivity contribution in [3.8, 4) is 0 Å². The number of carbonyl (C=O) groups is 2. The molecular weight excluding hydrogens is 274 g/mol. The van der Waals surface area contributed by atoms with Crippen LogP contribution in [0.15, 0.2) is 30.6 Å². The normalized spacial score (nSPS) is 21.7. The van der Waals surface area contributed by atoms with Crippen molar-refractivity contribution in [2.24, 2.45) is 0 Å². The molecule has 1 amide bonds. The highest BCUT2D eigenvalue weighted by Crippen LogP contribution is 2.22. The van der Waals surface area contributed by atoms with E-state index in [-0.39, 0.29) is 13.0 Å². The molecule has 7 heteroatoms. The number of likely N-dealkylation sites (tertiary alicyclic amines) is 1. The van der Waals surface area contributed by atoms with Gasteiger partial charge >= 0.3 is 5.97 Å². The molecule has 0 aliphatic carbocycles. The first-order chi connectivity index (χ1) is 10.1. The number of nitrogens with zero attached hydrogens (tertiary/aromatic N) is 3. The van der Waals surface area contributed by atoms with Gasteiger partial charge in [-0.05, 0) is 18.2 Å². The molecule has 1 fully saturated rings. The van der Waals surface area contributed by atoms with Crippen LogP contribution in [0.25, 0.3) is 11.0 Å². The highest BCUT2D eigenvalue weighted by atomic mass is 16.4. The summed E-state index contributed by atoms with van der Waals surface area (Å²) in [7, 11) is 0. The monoisotopic (exact) mass is 287 g/mol. The third kappa shape index (κ3) is 2.43. The van der Waals surface area contributed by atoms with Crippen molar-refractivity contribution in [2.45, 2.75) is 18.6 Å². The maximum Gasteiger partial charge on any atom is 0.326 e. The molecule has 21 heavy (non-hydrogen) atoms. The first-order valence-corrected chi connectivity index (χ1v) is 6.49. The quantitative estimate of drug-likeness (QED) is 0.822. The molecule has 1 aromatic heterocycles. The summed E-state index contributed by atoms with van der Waals surface area (Å²) in [4.78, 5) is 33.1. The van der Waals surface area contributed by atoms with Gasteiger partial charge in [0.05, 0.1) is 17.1 Å². The minimum absolute atomic E-state index is 0.0221. The van der Waals surface area contributed by atoms with Gasteiger partial charge in [-0.1, -0.05) is 0 Å². The summed E-state index contributed by atoms with van der Waals surface area (Å²) < 4.78 is 0. The number of carboxylic acids is 1. The number of aliphatic carboxylic acids is 1. The number of hydrogen-bond donors (Lipinski definition) is 2. The third-order valence-corrected chi connectivity index (χ3v) is 3.54. The van der Waals surface area contributed by atoms with Crippen LogP contribution in [-0.4, -0.2) is 55.6 Å². The summed E-state index contributed by atoms with van der Waals surface area (Å²) in [6.07, 6.45) is 2.32. The molecular formula is C14H13N3O4. The number of amides is 1.